The molecule has 1 aromatic heterocycles. The summed E-state index contributed by atoms with van der Waals surface area (Å²) in [5, 5.41) is 2.78. The van der Waals surface area contributed by atoms with Gasteiger partial charge in [-0.2, -0.15) is 0 Å². The lowest BCUT2D eigenvalue weighted by molar-refractivity contribution is -0.123. The van der Waals surface area contributed by atoms with Crippen LogP contribution in [0.25, 0.3) is 0 Å². The number of carbonyl (C=O) groups excluding carboxylic acids is 1. The zero-order valence-electron chi connectivity index (χ0n) is 13.1. The monoisotopic (exact) mass is 317 g/mol. The Morgan fingerprint density at radius 3 is 2.57 bits per heavy atom. The van der Waals surface area contributed by atoms with Crippen molar-refractivity contribution in [3.05, 3.63) is 42.2 Å². The Kier molecular flexibility index (Phi) is 6.17. The quantitative estimate of drug-likeness (QED) is 0.788. The van der Waals surface area contributed by atoms with E-state index in [4.69, 9.17) is 14.2 Å². The van der Waals surface area contributed by atoms with E-state index in [1.165, 1.54) is 0 Å². The summed E-state index contributed by atoms with van der Waals surface area (Å²) < 4.78 is 15.6. The maximum Gasteiger partial charge on any atom is 0.316 e. The third kappa shape index (κ3) is 5.14. The Morgan fingerprint density at radius 2 is 1.87 bits per heavy atom. The Morgan fingerprint density at radius 1 is 1.13 bits per heavy atom. The molecule has 1 heterocycles. The number of methoxy groups -OCH3 is 2. The molecule has 7 nitrogen and oxygen atoms in total. The van der Waals surface area contributed by atoms with Gasteiger partial charge >= 0.3 is 6.01 Å². The first-order valence-electron chi connectivity index (χ1n) is 7.10. The van der Waals surface area contributed by atoms with Crippen LogP contribution in [0.4, 0.5) is 0 Å². The van der Waals surface area contributed by atoms with Gasteiger partial charge in [0.25, 0.3) is 5.91 Å². The molecule has 1 amide bonds. The van der Waals surface area contributed by atoms with E-state index in [1.807, 2.05) is 18.2 Å². The van der Waals surface area contributed by atoms with Gasteiger partial charge in [0.15, 0.2) is 18.1 Å². The number of nitrogens with zero attached hydrogens (tertiary/aromatic N) is 2. The summed E-state index contributed by atoms with van der Waals surface area (Å²) in [6, 6.07) is 7.52. The van der Waals surface area contributed by atoms with E-state index < -0.39 is 0 Å². The molecule has 23 heavy (non-hydrogen) atoms. The third-order valence-electron chi connectivity index (χ3n) is 3.06. The molecule has 2 aromatic rings. The van der Waals surface area contributed by atoms with Gasteiger partial charge in [-0.1, -0.05) is 6.07 Å². The van der Waals surface area contributed by atoms with Crippen molar-refractivity contribution in [2.45, 2.75) is 6.42 Å². The lowest BCUT2D eigenvalue weighted by Crippen LogP contribution is -2.30. The van der Waals surface area contributed by atoms with E-state index in [2.05, 4.69) is 15.3 Å². The number of hydrogen-bond donors (Lipinski definition) is 1. The average molecular weight is 317 g/mol. The minimum atomic E-state index is -0.224. The second kappa shape index (κ2) is 8.57. The molecule has 0 saturated carbocycles. The van der Waals surface area contributed by atoms with Crippen molar-refractivity contribution >= 4 is 5.91 Å². The first-order chi connectivity index (χ1) is 11.2. The highest BCUT2D eigenvalue weighted by Crippen LogP contribution is 2.27. The standard InChI is InChI=1S/C16H19N3O4/c1-21-13-5-4-12(10-14(13)22-2)6-9-17-15(20)11-23-16-18-7-3-8-19-16/h3-5,7-8,10H,6,9,11H2,1-2H3,(H,17,20). The zero-order valence-corrected chi connectivity index (χ0v) is 13.1. The molecular formula is C16H19N3O4. The van der Waals surface area contributed by atoms with E-state index in [0.717, 1.165) is 5.56 Å². The number of aromatic nitrogens is 2. The highest BCUT2D eigenvalue weighted by atomic mass is 16.5. The van der Waals surface area contributed by atoms with E-state index in [-0.39, 0.29) is 18.5 Å². The van der Waals surface area contributed by atoms with Gasteiger partial charge in [0.2, 0.25) is 0 Å². The number of ether oxygens (including phenoxy) is 3. The molecule has 7 heteroatoms. The lowest BCUT2D eigenvalue weighted by Gasteiger charge is -2.10. The molecule has 0 saturated heterocycles. The van der Waals surface area contributed by atoms with Crippen LogP contribution >= 0.6 is 0 Å². The predicted molar refractivity (Wildman–Crippen MR) is 83.8 cm³/mol. The first-order valence-corrected chi connectivity index (χ1v) is 7.10. The zero-order chi connectivity index (χ0) is 16.5. The minimum absolute atomic E-state index is 0.115. The number of carbonyl (C=O) groups is 1. The molecule has 0 radical (unpaired) electrons. The van der Waals surface area contributed by atoms with Crippen LogP contribution in [0.1, 0.15) is 5.56 Å². The molecular weight excluding hydrogens is 298 g/mol. The SMILES string of the molecule is COc1ccc(CCNC(=O)COc2ncccn2)cc1OC. The van der Waals surface area contributed by atoms with Crippen LogP contribution in [0.2, 0.25) is 0 Å². The Hall–Kier alpha value is -2.83. The minimum Gasteiger partial charge on any atom is -0.493 e. The second-order valence-corrected chi connectivity index (χ2v) is 4.61. The molecule has 0 unspecified atom stereocenters. The van der Waals surface area contributed by atoms with Crippen LogP contribution in [-0.4, -0.2) is 43.2 Å². The van der Waals surface area contributed by atoms with Gasteiger partial charge in [0.05, 0.1) is 14.2 Å². The van der Waals surface area contributed by atoms with Crippen LogP contribution < -0.4 is 19.5 Å². The van der Waals surface area contributed by atoms with Crippen molar-refractivity contribution in [2.75, 3.05) is 27.4 Å². The molecule has 0 aliphatic carbocycles. The Bertz CT molecular complexity index is 634. The van der Waals surface area contributed by atoms with Crippen molar-refractivity contribution in [3.63, 3.8) is 0 Å². The van der Waals surface area contributed by atoms with Gasteiger partial charge in [0.1, 0.15) is 0 Å². The molecule has 2 rings (SSSR count). The summed E-state index contributed by atoms with van der Waals surface area (Å²) in [6.07, 6.45) is 3.78. The molecule has 0 spiro atoms. The fourth-order valence-electron chi connectivity index (χ4n) is 1.92. The Balaban J connectivity index is 1.75. The molecule has 0 aliphatic heterocycles. The normalized spacial score (nSPS) is 10.0. The van der Waals surface area contributed by atoms with E-state index >= 15 is 0 Å². The molecule has 122 valence electrons. The van der Waals surface area contributed by atoms with Crippen molar-refractivity contribution in [1.29, 1.82) is 0 Å². The number of nitrogens with one attached hydrogen (secondary N) is 1. The maximum absolute atomic E-state index is 11.7. The van der Waals surface area contributed by atoms with Crippen molar-refractivity contribution in [1.82, 2.24) is 15.3 Å². The molecule has 0 atom stereocenters. The largest absolute Gasteiger partial charge is 0.493 e. The van der Waals surface area contributed by atoms with Crippen LogP contribution in [0.5, 0.6) is 17.5 Å². The van der Waals surface area contributed by atoms with E-state index in [9.17, 15) is 4.79 Å². The van der Waals surface area contributed by atoms with Gasteiger partial charge in [-0.15, -0.1) is 0 Å². The summed E-state index contributed by atoms with van der Waals surface area (Å²) in [4.78, 5) is 19.4. The molecule has 0 fully saturated rings. The average Bonchev–Trinajstić information content (AvgIpc) is 2.60. The Labute approximate surface area is 134 Å². The maximum atomic E-state index is 11.7. The fraction of sp³-hybridized carbons (Fsp3) is 0.312. The van der Waals surface area contributed by atoms with Gasteiger partial charge < -0.3 is 19.5 Å². The highest BCUT2D eigenvalue weighted by Gasteiger charge is 2.06. The molecule has 1 N–H and O–H groups in total. The van der Waals surface area contributed by atoms with Gasteiger partial charge in [-0.25, -0.2) is 9.97 Å². The lowest BCUT2D eigenvalue weighted by atomic mass is 10.1. The topological polar surface area (TPSA) is 82.6 Å². The number of rotatable bonds is 8. The number of amides is 1. The van der Waals surface area contributed by atoms with E-state index in [1.54, 1.807) is 32.7 Å². The van der Waals surface area contributed by atoms with Crippen LogP contribution in [-0.2, 0) is 11.2 Å². The van der Waals surface area contributed by atoms with Gasteiger partial charge in [-0.05, 0) is 30.2 Å². The predicted octanol–water partition coefficient (Wildman–Crippen LogP) is 1.23. The summed E-state index contributed by atoms with van der Waals surface area (Å²) in [7, 11) is 3.18. The van der Waals surface area contributed by atoms with Gasteiger partial charge in [0, 0.05) is 18.9 Å². The van der Waals surface area contributed by atoms with E-state index in [0.29, 0.717) is 24.5 Å². The summed E-state index contributed by atoms with van der Waals surface area (Å²) >= 11 is 0. The molecule has 1 aromatic carbocycles. The smallest absolute Gasteiger partial charge is 0.316 e. The highest BCUT2D eigenvalue weighted by molar-refractivity contribution is 5.77. The van der Waals surface area contributed by atoms with Crippen LogP contribution in [0.15, 0.2) is 36.7 Å². The number of benzene rings is 1. The molecule has 0 bridgehead atoms. The van der Waals surface area contributed by atoms with Crippen LogP contribution in [0, 0.1) is 0 Å². The summed E-state index contributed by atoms with van der Waals surface area (Å²) in [5.74, 6) is 1.12. The summed E-state index contributed by atoms with van der Waals surface area (Å²) in [6.45, 7) is 0.378. The number of hydrogen-bond acceptors (Lipinski definition) is 6. The summed E-state index contributed by atoms with van der Waals surface area (Å²) in [5.41, 5.74) is 1.04. The van der Waals surface area contributed by atoms with Crippen molar-refractivity contribution < 1.29 is 19.0 Å². The second-order valence-electron chi connectivity index (χ2n) is 4.61. The van der Waals surface area contributed by atoms with Crippen LogP contribution in [0.3, 0.4) is 0 Å². The van der Waals surface area contributed by atoms with Crippen molar-refractivity contribution in [2.24, 2.45) is 0 Å². The first kappa shape index (κ1) is 16.5. The van der Waals surface area contributed by atoms with Gasteiger partial charge in [-0.3, -0.25) is 4.79 Å². The molecule has 0 aliphatic rings. The van der Waals surface area contributed by atoms with Crippen molar-refractivity contribution in [3.8, 4) is 17.5 Å². The fourth-order valence-corrected chi connectivity index (χ4v) is 1.92. The third-order valence-corrected chi connectivity index (χ3v) is 3.06.